The summed E-state index contributed by atoms with van der Waals surface area (Å²) in [5, 5.41) is 13.9. The monoisotopic (exact) mass is 350 g/mol. The zero-order valence-electron chi connectivity index (χ0n) is 12.9. The van der Waals surface area contributed by atoms with E-state index in [4.69, 9.17) is 11.6 Å². The summed E-state index contributed by atoms with van der Waals surface area (Å²) in [7, 11) is 0. The number of imide groups is 1. The standard InChI is InChI=1S/C15H15ClN4O4/c1-9-8-18(7-6-17-9)13-12(16)14(21)19(15(13)22)10-2-4-11(5-3-10)20(23)24/h2-5,9,17H,6-8H2,1H3/t9-/m1/s1. The fraction of sp³-hybridized carbons (Fsp3) is 0.333. The van der Waals surface area contributed by atoms with Gasteiger partial charge in [-0.1, -0.05) is 11.6 Å². The van der Waals surface area contributed by atoms with Crippen molar-refractivity contribution in [2.75, 3.05) is 24.5 Å². The predicted molar refractivity (Wildman–Crippen MR) is 87.5 cm³/mol. The van der Waals surface area contributed by atoms with Gasteiger partial charge in [0.2, 0.25) is 0 Å². The first-order valence-corrected chi connectivity index (χ1v) is 7.79. The lowest BCUT2D eigenvalue weighted by molar-refractivity contribution is -0.384. The van der Waals surface area contributed by atoms with Crippen LogP contribution in [0.5, 0.6) is 0 Å². The number of amides is 2. The van der Waals surface area contributed by atoms with E-state index in [0.717, 1.165) is 4.90 Å². The van der Waals surface area contributed by atoms with Gasteiger partial charge >= 0.3 is 0 Å². The van der Waals surface area contributed by atoms with E-state index >= 15 is 0 Å². The van der Waals surface area contributed by atoms with Crippen LogP contribution in [0.4, 0.5) is 11.4 Å². The Hall–Kier alpha value is -2.45. The van der Waals surface area contributed by atoms with E-state index in [-0.39, 0.29) is 28.1 Å². The van der Waals surface area contributed by atoms with Crippen molar-refractivity contribution in [2.24, 2.45) is 0 Å². The molecule has 126 valence electrons. The Morgan fingerprint density at radius 3 is 2.50 bits per heavy atom. The summed E-state index contributed by atoms with van der Waals surface area (Å²) in [6, 6.07) is 5.39. The van der Waals surface area contributed by atoms with Crippen molar-refractivity contribution in [2.45, 2.75) is 13.0 Å². The van der Waals surface area contributed by atoms with E-state index in [0.29, 0.717) is 19.6 Å². The number of nitrogens with zero attached hydrogens (tertiary/aromatic N) is 3. The highest BCUT2D eigenvalue weighted by molar-refractivity contribution is 6.52. The Labute approximate surface area is 142 Å². The van der Waals surface area contributed by atoms with E-state index in [1.807, 2.05) is 6.92 Å². The highest BCUT2D eigenvalue weighted by atomic mass is 35.5. The maximum Gasteiger partial charge on any atom is 0.283 e. The molecule has 0 saturated carbocycles. The summed E-state index contributed by atoms with van der Waals surface area (Å²) in [4.78, 5) is 38.1. The molecule has 2 heterocycles. The summed E-state index contributed by atoms with van der Waals surface area (Å²) in [5.74, 6) is -1.12. The summed E-state index contributed by atoms with van der Waals surface area (Å²) < 4.78 is 0. The fourth-order valence-electron chi connectivity index (χ4n) is 2.86. The van der Waals surface area contributed by atoms with Crippen molar-refractivity contribution in [3.8, 4) is 0 Å². The zero-order chi connectivity index (χ0) is 17.4. The number of hydrogen-bond acceptors (Lipinski definition) is 6. The topological polar surface area (TPSA) is 95.8 Å². The molecule has 24 heavy (non-hydrogen) atoms. The van der Waals surface area contributed by atoms with Crippen LogP contribution in [0.25, 0.3) is 0 Å². The predicted octanol–water partition coefficient (Wildman–Crippen LogP) is 1.21. The molecule has 1 aromatic carbocycles. The normalized spacial score (nSPS) is 21.7. The van der Waals surface area contributed by atoms with Crippen LogP contribution in [0.15, 0.2) is 35.0 Å². The second-order valence-corrected chi connectivity index (χ2v) is 6.06. The number of benzene rings is 1. The average molecular weight is 351 g/mol. The van der Waals surface area contributed by atoms with Crippen LogP contribution in [0.1, 0.15) is 6.92 Å². The molecule has 0 unspecified atom stereocenters. The summed E-state index contributed by atoms with van der Waals surface area (Å²) >= 11 is 6.13. The van der Waals surface area contributed by atoms with Crippen LogP contribution < -0.4 is 10.2 Å². The molecule has 8 nitrogen and oxygen atoms in total. The Morgan fingerprint density at radius 2 is 1.92 bits per heavy atom. The summed E-state index contributed by atoms with van der Waals surface area (Å²) in [6.07, 6.45) is 0. The van der Waals surface area contributed by atoms with Gasteiger partial charge in [-0.2, -0.15) is 0 Å². The molecule has 1 aromatic rings. The largest absolute Gasteiger partial charge is 0.363 e. The van der Waals surface area contributed by atoms with Gasteiger partial charge in [-0.05, 0) is 19.1 Å². The Balaban J connectivity index is 1.89. The molecular weight excluding hydrogens is 336 g/mol. The molecule has 2 aliphatic heterocycles. The quantitative estimate of drug-likeness (QED) is 0.500. The lowest BCUT2D eigenvalue weighted by Gasteiger charge is -2.33. The van der Waals surface area contributed by atoms with E-state index in [9.17, 15) is 19.7 Å². The lowest BCUT2D eigenvalue weighted by Crippen LogP contribution is -2.50. The molecule has 3 rings (SSSR count). The van der Waals surface area contributed by atoms with Crippen LogP contribution in [0.2, 0.25) is 0 Å². The van der Waals surface area contributed by atoms with Gasteiger partial charge in [0.1, 0.15) is 10.7 Å². The van der Waals surface area contributed by atoms with Crippen molar-refractivity contribution in [3.63, 3.8) is 0 Å². The van der Waals surface area contributed by atoms with Crippen molar-refractivity contribution in [1.29, 1.82) is 0 Å². The molecule has 0 radical (unpaired) electrons. The molecule has 0 aliphatic carbocycles. The van der Waals surface area contributed by atoms with Crippen LogP contribution in [-0.4, -0.2) is 47.3 Å². The highest BCUT2D eigenvalue weighted by Gasteiger charge is 2.42. The van der Waals surface area contributed by atoms with Crippen molar-refractivity contribution in [3.05, 3.63) is 45.1 Å². The molecule has 1 atom stereocenters. The number of carbonyl (C=O) groups excluding carboxylic acids is 2. The van der Waals surface area contributed by atoms with E-state index in [2.05, 4.69) is 5.32 Å². The Kier molecular flexibility index (Phi) is 4.25. The first-order chi connectivity index (χ1) is 11.4. The van der Waals surface area contributed by atoms with Crippen LogP contribution in [0.3, 0.4) is 0 Å². The summed E-state index contributed by atoms with van der Waals surface area (Å²) in [6.45, 7) is 3.81. The summed E-state index contributed by atoms with van der Waals surface area (Å²) in [5.41, 5.74) is 0.327. The minimum atomic E-state index is -0.614. The van der Waals surface area contributed by atoms with Crippen molar-refractivity contribution >= 4 is 34.8 Å². The van der Waals surface area contributed by atoms with E-state index in [1.165, 1.54) is 24.3 Å². The molecule has 1 fully saturated rings. The van der Waals surface area contributed by atoms with Gasteiger partial charge in [-0.3, -0.25) is 19.7 Å². The van der Waals surface area contributed by atoms with Crippen molar-refractivity contribution in [1.82, 2.24) is 10.2 Å². The molecule has 1 N–H and O–H groups in total. The van der Waals surface area contributed by atoms with Gasteiger partial charge in [0.15, 0.2) is 0 Å². The second kappa shape index (κ2) is 6.21. The number of carbonyl (C=O) groups is 2. The van der Waals surface area contributed by atoms with Crippen LogP contribution in [-0.2, 0) is 9.59 Å². The Bertz CT molecular complexity index is 746. The minimum Gasteiger partial charge on any atom is -0.363 e. The number of nitrogens with one attached hydrogen (secondary N) is 1. The molecule has 2 amide bonds. The third-order valence-electron chi connectivity index (χ3n) is 4.01. The van der Waals surface area contributed by atoms with Gasteiger partial charge in [0, 0.05) is 37.8 Å². The maximum absolute atomic E-state index is 12.7. The van der Waals surface area contributed by atoms with E-state index in [1.54, 1.807) is 4.90 Å². The highest BCUT2D eigenvalue weighted by Crippen LogP contribution is 2.32. The second-order valence-electron chi connectivity index (χ2n) is 5.68. The van der Waals surface area contributed by atoms with Gasteiger partial charge in [-0.15, -0.1) is 0 Å². The Morgan fingerprint density at radius 1 is 1.25 bits per heavy atom. The number of non-ortho nitro benzene ring substituents is 1. The number of anilines is 1. The molecule has 1 saturated heterocycles. The van der Waals surface area contributed by atoms with Gasteiger partial charge in [0.25, 0.3) is 17.5 Å². The number of rotatable bonds is 3. The first kappa shape index (κ1) is 16.4. The van der Waals surface area contributed by atoms with Crippen LogP contribution >= 0.6 is 11.6 Å². The third-order valence-corrected chi connectivity index (χ3v) is 4.35. The number of nitro benzene ring substituents is 1. The maximum atomic E-state index is 12.7. The van der Waals surface area contributed by atoms with Gasteiger partial charge < -0.3 is 10.2 Å². The molecule has 9 heteroatoms. The van der Waals surface area contributed by atoms with Gasteiger partial charge in [-0.25, -0.2) is 4.90 Å². The fourth-order valence-corrected chi connectivity index (χ4v) is 3.14. The SMILES string of the molecule is C[C@@H]1CN(C2=C(Cl)C(=O)N(c3ccc([N+](=O)[O-])cc3)C2=O)CCN1. The smallest absolute Gasteiger partial charge is 0.283 e. The molecule has 0 spiro atoms. The average Bonchev–Trinajstić information content (AvgIpc) is 2.77. The minimum absolute atomic E-state index is 0.118. The van der Waals surface area contributed by atoms with Gasteiger partial charge in [0.05, 0.1) is 10.6 Å². The molecule has 0 aromatic heterocycles. The number of halogens is 1. The van der Waals surface area contributed by atoms with Crippen LogP contribution in [0, 0.1) is 10.1 Å². The zero-order valence-corrected chi connectivity index (χ0v) is 13.6. The van der Waals surface area contributed by atoms with E-state index < -0.39 is 16.7 Å². The van der Waals surface area contributed by atoms with Crippen molar-refractivity contribution < 1.29 is 14.5 Å². The number of piperazine rings is 1. The first-order valence-electron chi connectivity index (χ1n) is 7.41. The number of nitro groups is 1. The number of hydrogen-bond donors (Lipinski definition) is 1. The molecule has 2 aliphatic rings. The lowest BCUT2D eigenvalue weighted by atomic mass is 10.2. The molecular formula is C15H15ClN4O4. The third kappa shape index (κ3) is 2.74. The molecule has 0 bridgehead atoms.